The first kappa shape index (κ1) is 21.5. The summed E-state index contributed by atoms with van der Waals surface area (Å²) < 4.78 is 5.59. The number of aryl methyl sites for hydroxylation is 2. The molecule has 0 spiro atoms. The summed E-state index contributed by atoms with van der Waals surface area (Å²) in [5.41, 5.74) is 4.36. The van der Waals surface area contributed by atoms with Crippen molar-refractivity contribution >= 4 is 41.2 Å². The topological polar surface area (TPSA) is 124 Å². The number of nitrogens with zero attached hydrogens (tertiary/aromatic N) is 4. The van der Waals surface area contributed by atoms with Crippen molar-refractivity contribution in [3.05, 3.63) is 68.7 Å². The number of hydrogen-bond donors (Lipinski definition) is 1. The van der Waals surface area contributed by atoms with Gasteiger partial charge in [-0.15, -0.1) is 0 Å². The van der Waals surface area contributed by atoms with Crippen LogP contribution in [0.3, 0.4) is 0 Å². The van der Waals surface area contributed by atoms with Crippen LogP contribution in [0.2, 0.25) is 5.02 Å². The van der Waals surface area contributed by atoms with E-state index >= 15 is 0 Å². The molecule has 11 heteroatoms. The molecule has 1 N–H and O–H groups in total. The molecule has 0 unspecified atom stereocenters. The molecule has 9 nitrogen and oxygen atoms in total. The second-order valence-electron chi connectivity index (χ2n) is 6.14. The van der Waals surface area contributed by atoms with Crippen LogP contribution in [-0.2, 0) is 4.79 Å². The molecule has 0 atom stereocenters. The summed E-state index contributed by atoms with van der Waals surface area (Å²) in [6, 6.07) is 9.50. The largest absolute Gasteiger partial charge is 0.455 e. The monoisotopic (exact) mass is 445 g/mol. The molecule has 2 heterocycles. The molecule has 3 rings (SSSR count). The number of hydrazone groups is 1. The molecule has 0 aliphatic heterocycles. The van der Waals surface area contributed by atoms with E-state index in [4.69, 9.17) is 16.0 Å². The highest BCUT2D eigenvalue weighted by atomic mass is 35.5. The maximum atomic E-state index is 11.9. The molecule has 2 aromatic heterocycles. The van der Waals surface area contributed by atoms with E-state index in [0.29, 0.717) is 22.2 Å². The average molecular weight is 446 g/mol. The lowest BCUT2D eigenvalue weighted by atomic mass is 10.1. The Morgan fingerprint density at radius 1 is 1.27 bits per heavy atom. The van der Waals surface area contributed by atoms with Crippen molar-refractivity contribution in [1.29, 1.82) is 0 Å². The van der Waals surface area contributed by atoms with Crippen LogP contribution < -0.4 is 5.43 Å². The van der Waals surface area contributed by atoms with Gasteiger partial charge in [0, 0.05) is 23.0 Å². The number of rotatable bonds is 7. The standard InChI is InChI=1S/C19H16ClN5O4S/c1-11-7-12(2)23-19(22-11)30-10-18(26)24-21-9-14-4-6-17(29-14)13-3-5-15(20)16(8-13)25(27)28/h3-9H,10H2,1-2H3,(H,24,26)/b21-9+. The summed E-state index contributed by atoms with van der Waals surface area (Å²) in [4.78, 5) is 30.9. The van der Waals surface area contributed by atoms with Gasteiger partial charge in [0.2, 0.25) is 0 Å². The Kier molecular flexibility index (Phi) is 6.80. The van der Waals surface area contributed by atoms with E-state index in [1.165, 1.54) is 30.1 Å². The number of nitro groups is 1. The number of benzene rings is 1. The van der Waals surface area contributed by atoms with Crippen LogP contribution in [0.1, 0.15) is 17.1 Å². The number of hydrogen-bond acceptors (Lipinski definition) is 8. The van der Waals surface area contributed by atoms with Crippen LogP contribution in [0.15, 0.2) is 51.1 Å². The predicted octanol–water partition coefficient (Wildman–Crippen LogP) is 4.16. The molecule has 154 valence electrons. The molecule has 1 amide bonds. The molecule has 30 heavy (non-hydrogen) atoms. The van der Waals surface area contributed by atoms with Crippen LogP contribution in [0, 0.1) is 24.0 Å². The van der Waals surface area contributed by atoms with Gasteiger partial charge < -0.3 is 4.42 Å². The SMILES string of the molecule is Cc1cc(C)nc(SCC(=O)N/N=C/c2ccc(-c3ccc(Cl)c([N+](=O)[O-])c3)o2)n1. The molecular weight excluding hydrogens is 430 g/mol. The van der Waals surface area contributed by atoms with E-state index in [-0.39, 0.29) is 22.4 Å². The number of furan rings is 1. The van der Waals surface area contributed by atoms with Crippen molar-refractivity contribution in [2.24, 2.45) is 5.10 Å². The predicted molar refractivity (Wildman–Crippen MR) is 114 cm³/mol. The number of carbonyl (C=O) groups excluding carboxylic acids is 1. The van der Waals surface area contributed by atoms with Crippen molar-refractivity contribution in [2.45, 2.75) is 19.0 Å². The minimum Gasteiger partial charge on any atom is -0.455 e. The first-order valence-electron chi connectivity index (χ1n) is 8.63. The summed E-state index contributed by atoms with van der Waals surface area (Å²) in [7, 11) is 0. The van der Waals surface area contributed by atoms with Gasteiger partial charge in [0.15, 0.2) is 5.16 Å². The molecule has 1 aromatic carbocycles. The van der Waals surface area contributed by atoms with Crippen molar-refractivity contribution in [1.82, 2.24) is 15.4 Å². The number of thioether (sulfide) groups is 1. The molecule has 0 saturated heterocycles. The number of nitro benzene ring substituents is 1. The Hall–Kier alpha value is -3.24. The van der Waals surface area contributed by atoms with E-state index in [1.807, 2.05) is 19.9 Å². The number of aromatic nitrogens is 2. The van der Waals surface area contributed by atoms with Gasteiger partial charge in [0.25, 0.3) is 11.6 Å². The first-order chi connectivity index (χ1) is 14.3. The van der Waals surface area contributed by atoms with Crippen LogP contribution in [0.25, 0.3) is 11.3 Å². The fraction of sp³-hybridized carbons (Fsp3) is 0.158. The van der Waals surface area contributed by atoms with Gasteiger partial charge in [0.05, 0.1) is 16.9 Å². The van der Waals surface area contributed by atoms with E-state index in [2.05, 4.69) is 20.5 Å². The van der Waals surface area contributed by atoms with Crippen LogP contribution in [0.4, 0.5) is 5.69 Å². The lowest BCUT2D eigenvalue weighted by Crippen LogP contribution is -2.19. The van der Waals surface area contributed by atoms with Crippen LogP contribution in [0.5, 0.6) is 0 Å². The Balaban J connectivity index is 1.57. The third kappa shape index (κ3) is 5.65. The summed E-state index contributed by atoms with van der Waals surface area (Å²) in [5.74, 6) is 0.565. The zero-order chi connectivity index (χ0) is 21.7. The lowest BCUT2D eigenvalue weighted by Gasteiger charge is -2.02. The molecule has 3 aromatic rings. The summed E-state index contributed by atoms with van der Waals surface area (Å²) in [6.45, 7) is 3.73. The minimum absolute atomic E-state index is 0.0453. The fourth-order valence-corrected chi connectivity index (χ4v) is 3.40. The minimum atomic E-state index is -0.562. The Morgan fingerprint density at radius 3 is 2.70 bits per heavy atom. The van der Waals surface area contributed by atoms with Crippen molar-refractivity contribution in [3.8, 4) is 11.3 Å². The van der Waals surface area contributed by atoms with Gasteiger partial charge in [0.1, 0.15) is 16.5 Å². The Labute approximate surface area is 180 Å². The number of amides is 1. The number of halogens is 1. The second kappa shape index (κ2) is 9.51. The normalized spacial score (nSPS) is 11.0. The van der Waals surface area contributed by atoms with Gasteiger partial charge in [-0.1, -0.05) is 23.4 Å². The van der Waals surface area contributed by atoms with Gasteiger partial charge in [-0.2, -0.15) is 5.10 Å². The third-order valence-electron chi connectivity index (χ3n) is 3.73. The molecule has 0 aliphatic carbocycles. The molecule has 0 bridgehead atoms. The number of carbonyl (C=O) groups is 1. The zero-order valence-electron chi connectivity index (χ0n) is 16.0. The fourth-order valence-electron chi connectivity index (χ4n) is 2.47. The van der Waals surface area contributed by atoms with Gasteiger partial charge >= 0.3 is 0 Å². The quantitative estimate of drug-likeness (QED) is 0.190. The van der Waals surface area contributed by atoms with E-state index in [0.717, 1.165) is 11.4 Å². The maximum Gasteiger partial charge on any atom is 0.288 e. The zero-order valence-corrected chi connectivity index (χ0v) is 17.5. The van der Waals surface area contributed by atoms with Gasteiger partial charge in [-0.3, -0.25) is 14.9 Å². The molecule has 0 fully saturated rings. The van der Waals surface area contributed by atoms with E-state index < -0.39 is 4.92 Å². The Bertz CT molecular complexity index is 1110. The van der Waals surface area contributed by atoms with Crippen molar-refractivity contribution in [2.75, 3.05) is 5.75 Å². The van der Waals surface area contributed by atoms with E-state index in [1.54, 1.807) is 18.2 Å². The highest BCUT2D eigenvalue weighted by molar-refractivity contribution is 7.99. The first-order valence-corrected chi connectivity index (χ1v) is 9.99. The number of nitrogens with one attached hydrogen (secondary N) is 1. The summed E-state index contributed by atoms with van der Waals surface area (Å²) >= 11 is 7.03. The van der Waals surface area contributed by atoms with Crippen molar-refractivity contribution < 1.29 is 14.1 Å². The lowest BCUT2D eigenvalue weighted by molar-refractivity contribution is -0.384. The molecule has 0 aliphatic rings. The molecular formula is C19H16ClN5O4S. The third-order valence-corrected chi connectivity index (χ3v) is 4.90. The van der Waals surface area contributed by atoms with Crippen molar-refractivity contribution in [3.63, 3.8) is 0 Å². The van der Waals surface area contributed by atoms with Gasteiger partial charge in [-0.05, 0) is 44.2 Å². The highest BCUT2D eigenvalue weighted by Crippen LogP contribution is 2.31. The van der Waals surface area contributed by atoms with Crippen LogP contribution in [-0.4, -0.2) is 32.8 Å². The highest BCUT2D eigenvalue weighted by Gasteiger charge is 2.15. The maximum absolute atomic E-state index is 11.9. The smallest absolute Gasteiger partial charge is 0.288 e. The second-order valence-corrected chi connectivity index (χ2v) is 7.49. The van der Waals surface area contributed by atoms with E-state index in [9.17, 15) is 14.9 Å². The van der Waals surface area contributed by atoms with Crippen LogP contribution >= 0.6 is 23.4 Å². The van der Waals surface area contributed by atoms with Gasteiger partial charge in [-0.25, -0.2) is 15.4 Å². The molecule has 0 saturated carbocycles. The molecule has 0 radical (unpaired) electrons. The summed E-state index contributed by atoms with van der Waals surface area (Å²) in [6.07, 6.45) is 1.34. The Morgan fingerprint density at radius 2 is 2.00 bits per heavy atom. The average Bonchev–Trinajstić information content (AvgIpc) is 3.14. The summed E-state index contributed by atoms with van der Waals surface area (Å²) in [5, 5.41) is 15.4.